The minimum absolute atomic E-state index is 0.0261. The lowest BCUT2D eigenvalue weighted by Crippen LogP contribution is -2.51. The molecular formula is C19H14ClN3O6. The van der Waals surface area contributed by atoms with Crippen molar-refractivity contribution < 1.29 is 24.1 Å². The maximum Gasteiger partial charge on any atom is 0.274 e. The molecule has 1 heterocycles. The number of nitro groups is 1. The smallest absolute Gasteiger partial charge is 0.274 e. The van der Waals surface area contributed by atoms with Gasteiger partial charge < -0.3 is 0 Å². The highest BCUT2D eigenvalue weighted by Gasteiger charge is 2.38. The maximum absolute atomic E-state index is 13.0. The highest BCUT2D eigenvalue weighted by molar-refractivity contribution is 6.34. The Morgan fingerprint density at radius 2 is 1.62 bits per heavy atom. The van der Waals surface area contributed by atoms with Crippen molar-refractivity contribution in [2.24, 2.45) is 0 Å². The predicted molar refractivity (Wildman–Crippen MR) is 101 cm³/mol. The quantitative estimate of drug-likeness (QED) is 0.310. The van der Waals surface area contributed by atoms with Crippen LogP contribution in [0.3, 0.4) is 0 Å². The summed E-state index contributed by atoms with van der Waals surface area (Å²) >= 11 is 6.06. The summed E-state index contributed by atoms with van der Waals surface area (Å²) in [5, 5.41) is 12.3. The van der Waals surface area contributed by atoms with Gasteiger partial charge in [0.15, 0.2) is 5.78 Å². The molecule has 1 aliphatic heterocycles. The summed E-state index contributed by atoms with van der Waals surface area (Å²) in [6.45, 7) is -0.612. The van der Waals surface area contributed by atoms with Crippen LogP contribution < -0.4 is 0 Å². The molecule has 9 nitrogen and oxygen atoms in total. The van der Waals surface area contributed by atoms with Crippen LogP contribution in [0, 0.1) is 10.1 Å². The average Bonchev–Trinajstić information content (AvgIpc) is 3.04. The molecule has 10 heteroatoms. The lowest BCUT2D eigenvalue weighted by atomic mass is 10.1. The zero-order valence-corrected chi connectivity index (χ0v) is 15.7. The van der Waals surface area contributed by atoms with E-state index in [1.54, 1.807) is 12.1 Å². The summed E-state index contributed by atoms with van der Waals surface area (Å²) in [7, 11) is 0. The lowest BCUT2D eigenvalue weighted by Gasteiger charge is -2.29. The zero-order valence-electron chi connectivity index (χ0n) is 14.9. The highest BCUT2D eigenvalue weighted by atomic mass is 35.5. The van der Waals surface area contributed by atoms with Gasteiger partial charge in [0.25, 0.3) is 11.6 Å². The fourth-order valence-electron chi connectivity index (χ4n) is 2.84. The molecule has 0 unspecified atom stereocenters. The number of nitro benzene ring substituents is 1. The Morgan fingerprint density at radius 3 is 2.17 bits per heavy atom. The van der Waals surface area contributed by atoms with E-state index in [2.05, 4.69) is 0 Å². The van der Waals surface area contributed by atoms with Gasteiger partial charge in [-0.25, -0.2) is 5.01 Å². The molecule has 2 aromatic carbocycles. The summed E-state index contributed by atoms with van der Waals surface area (Å²) in [5.74, 6) is -2.60. The number of imide groups is 1. The molecule has 148 valence electrons. The Hall–Kier alpha value is -3.59. The normalized spacial score (nSPS) is 13.5. The monoisotopic (exact) mass is 415 g/mol. The maximum atomic E-state index is 13.0. The fraction of sp³-hybridized carbons (Fsp3) is 0.158. The molecule has 0 aromatic heterocycles. The summed E-state index contributed by atoms with van der Waals surface area (Å²) in [6.07, 6.45) is -0.145. The molecule has 0 N–H and O–H groups in total. The average molecular weight is 416 g/mol. The van der Waals surface area contributed by atoms with E-state index in [1.807, 2.05) is 0 Å². The third kappa shape index (κ3) is 4.14. The van der Waals surface area contributed by atoms with Gasteiger partial charge in [0.05, 0.1) is 15.5 Å². The van der Waals surface area contributed by atoms with Crippen molar-refractivity contribution in [3.63, 3.8) is 0 Å². The van der Waals surface area contributed by atoms with E-state index >= 15 is 0 Å². The Bertz CT molecular complexity index is 1000. The van der Waals surface area contributed by atoms with Gasteiger partial charge in [-0.05, 0) is 24.3 Å². The highest BCUT2D eigenvalue weighted by Crippen LogP contribution is 2.22. The molecule has 0 saturated carbocycles. The fourth-order valence-corrected chi connectivity index (χ4v) is 3.05. The number of carbonyl (C=O) groups excluding carboxylic acids is 4. The number of halogens is 1. The number of rotatable bonds is 6. The summed E-state index contributed by atoms with van der Waals surface area (Å²) in [4.78, 5) is 60.2. The Balaban J connectivity index is 1.93. The van der Waals surface area contributed by atoms with Gasteiger partial charge in [0.2, 0.25) is 11.8 Å². The first kappa shape index (κ1) is 20.2. The largest absolute Gasteiger partial charge is 0.292 e. The van der Waals surface area contributed by atoms with Crippen molar-refractivity contribution in [1.29, 1.82) is 0 Å². The molecule has 0 atom stereocenters. The summed E-state index contributed by atoms with van der Waals surface area (Å²) in [6, 6.07) is 10.8. The number of hydrogen-bond acceptors (Lipinski definition) is 6. The van der Waals surface area contributed by atoms with Crippen molar-refractivity contribution >= 4 is 40.8 Å². The van der Waals surface area contributed by atoms with Crippen LogP contribution in [0.2, 0.25) is 5.02 Å². The molecule has 3 amide bonds. The molecule has 0 bridgehead atoms. The van der Waals surface area contributed by atoms with E-state index < -0.39 is 35.0 Å². The number of hydrazine groups is 1. The third-order valence-corrected chi connectivity index (χ3v) is 4.63. The van der Waals surface area contributed by atoms with Crippen molar-refractivity contribution in [3.05, 3.63) is 74.8 Å². The Kier molecular flexibility index (Phi) is 5.69. The van der Waals surface area contributed by atoms with E-state index in [9.17, 15) is 29.3 Å². The van der Waals surface area contributed by atoms with Crippen LogP contribution in [-0.2, 0) is 9.59 Å². The molecule has 29 heavy (non-hydrogen) atoms. The van der Waals surface area contributed by atoms with Crippen LogP contribution in [0.4, 0.5) is 5.69 Å². The second kappa shape index (κ2) is 8.19. The zero-order chi connectivity index (χ0) is 21.1. The molecular weight excluding hydrogens is 402 g/mol. The van der Waals surface area contributed by atoms with Gasteiger partial charge in [-0.2, -0.15) is 5.01 Å². The number of nitrogens with zero attached hydrogens (tertiary/aromatic N) is 3. The minimum Gasteiger partial charge on any atom is -0.292 e. The van der Waals surface area contributed by atoms with Crippen molar-refractivity contribution in [2.75, 3.05) is 6.54 Å². The predicted octanol–water partition coefficient (Wildman–Crippen LogP) is 2.64. The molecule has 1 fully saturated rings. The molecule has 1 aliphatic rings. The van der Waals surface area contributed by atoms with Crippen molar-refractivity contribution in [1.82, 2.24) is 10.0 Å². The first-order valence-corrected chi connectivity index (χ1v) is 8.87. The van der Waals surface area contributed by atoms with Crippen LogP contribution in [0.15, 0.2) is 48.5 Å². The van der Waals surface area contributed by atoms with Gasteiger partial charge in [-0.15, -0.1) is 0 Å². The van der Waals surface area contributed by atoms with E-state index in [4.69, 9.17) is 11.6 Å². The number of ketones is 1. The summed E-state index contributed by atoms with van der Waals surface area (Å²) in [5.41, 5.74) is -0.0831. The van der Waals surface area contributed by atoms with Crippen LogP contribution in [-0.4, -0.2) is 45.0 Å². The van der Waals surface area contributed by atoms with Crippen LogP contribution in [0.25, 0.3) is 0 Å². The van der Waals surface area contributed by atoms with E-state index in [-0.39, 0.29) is 34.7 Å². The van der Waals surface area contributed by atoms with Crippen LogP contribution in [0.1, 0.15) is 33.6 Å². The van der Waals surface area contributed by atoms with E-state index in [0.717, 1.165) is 17.1 Å². The van der Waals surface area contributed by atoms with E-state index in [1.165, 1.54) is 24.3 Å². The lowest BCUT2D eigenvalue weighted by molar-refractivity contribution is -0.384. The number of amides is 3. The number of benzene rings is 2. The number of hydrogen-bond donors (Lipinski definition) is 0. The third-order valence-electron chi connectivity index (χ3n) is 4.30. The van der Waals surface area contributed by atoms with Gasteiger partial charge >= 0.3 is 0 Å². The summed E-state index contributed by atoms with van der Waals surface area (Å²) < 4.78 is 0. The van der Waals surface area contributed by atoms with Crippen LogP contribution >= 0.6 is 11.6 Å². The van der Waals surface area contributed by atoms with Gasteiger partial charge in [-0.1, -0.05) is 23.7 Å². The molecule has 0 radical (unpaired) electrons. The topological polar surface area (TPSA) is 118 Å². The van der Waals surface area contributed by atoms with Crippen molar-refractivity contribution in [2.45, 2.75) is 12.8 Å². The Labute approximate surface area is 169 Å². The SMILES string of the molecule is O=C(CN(C(=O)c1ccccc1Cl)N1C(=O)CCC1=O)c1ccc([N+](=O)[O-])cc1. The van der Waals surface area contributed by atoms with Crippen LogP contribution in [0.5, 0.6) is 0 Å². The Morgan fingerprint density at radius 1 is 1.03 bits per heavy atom. The molecule has 3 rings (SSSR count). The first-order chi connectivity index (χ1) is 13.8. The standard InChI is InChI=1S/C19H14ClN3O6/c20-15-4-2-1-3-14(15)19(27)21(22-17(25)9-10-18(22)26)11-16(24)12-5-7-13(8-6-12)23(28)29/h1-8H,9-11H2. The first-order valence-electron chi connectivity index (χ1n) is 8.49. The van der Waals surface area contributed by atoms with E-state index in [0.29, 0.717) is 5.01 Å². The second-order valence-electron chi connectivity index (χ2n) is 6.17. The minimum atomic E-state index is -0.783. The molecule has 2 aromatic rings. The van der Waals surface area contributed by atoms with Gasteiger partial charge in [0, 0.05) is 30.5 Å². The number of Topliss-reactive ketones (excluding diaryl/α,β-unsaturated/α-hetero) is 1. The van der Waals surface area contributed by atoms with Gasteiger partial charge in [-0.3, -0.25) is 29.3 Å². The van der Waals surface area contributed by atoms with Crippen molar-refractivity contribution in [3.8, 4) is 0 Å². The van der Waals surface area contributed by atoms with Gasteiger partial charge in [0.1, 0.15) is 6.54 Å². The number of non-ortho nitro benzene ring substituents is 1. The molecule has 0 aliphatic carbocycles. The molecule has 0 spiro atoms. The molecule has 1 saturated heterocycles. The number of carbonyl (C=O) groups is 4. The second-order valence-corrected chi connectivity index (χ2v) is 6.58.